The summed E-state index contributed by atoms with van der Waals surface area (Å²) in [6, 6.07) is 14.9. The zero-order chi connectivity index (χ0) is 15.2. The molecule has 21 heavy (non-hydrogen) atoms. The van der Waals surface area contributed by atoms with E-state index in [-0.39, 0.29) is 11.7 Å². The molecular formula is C17H16BrNO2. The number of amides is 1. The Bertz CT molecular complexity index is 667. The van der Waals surface area contributed by atoms with Crippen molar-refractivity contribution in [3.05, 3.63) is 64.1 Å². The molecule has 0 saturated heterocycles. The minimum atomic E-state index is -0.0938. The lowest BCUT2D eigenvalue weighted by atomic mass is 10.1. The van der Waals surface area contributed by atoms with Crippen LogP contribution < -0.4 is 5.32 Å². The second kappa shape index (κ2) is 7.18. The number of halogens is 1. The third kappa shape index (κ3) is 4.53. The predicted octanol–water partition coefficient (Wildman–Crippen LogP) is 4.22. The maximum absolute atomic E-state index is 12.0. The van der Waals surface area contributed by atoms with E-state index in [0.29, 0.717) is 24.1 Å². The highest BCUT2D eigenvalue weighted by atomic mass is 79.9. The highest BCUT2D eigenvalue weighted by Gasteiger charge is 2.09. The number of Topliss-reactive ketones (excluding diaryl/α,β-unsaturated/α-hetero) is 1. The molecule has 0 atom stereocenters. The summed E-state index contributed by atoms with van der Waals surface area (Å²) in [7, 11) is 0. The van der Waals surface area contributed by atoms with Crippen LogP contribution in [-0.2, 0) is 11.2 Å². The fourth-order valence-electron chi connectivity index (χ4n) is 2.06. The van der Waals surface area contributed by atoms with Gasteiger partial charge in [0.25, 0.3) is 0 Å². The monoisotopic (exact) mass is 345 g/mol. The van der Waals surface area contributed by atoms with Crippen LogP contribution in [0.4, 0.5) is 5.69 Å². The van der Waals surface area contributed by atoms with Crippen LogP contribution in [0, 0.1) is 0 Å². The van der Waals surface area contributed by atoms with Gasteiger partial charge in [-0.1, -0.05) is 40.2 Å². The van der Waals surface area contributed by atoms with E-state index in [1.54, 1.807) is 24.3 Å². The Morgan fingerprint density at radius 1 is 1.10 bits per heavy atom. The molecule has 0 bridgehead atoms. The molecule has 0 heterocycles. The lowest BCUT2D eigenvalue weighted by Gasteiger charge is -2.09. The van der Waals surface area contributed by atoms with E-state index < -0.39 is 0 Å². The first-order chi connectivity index (χ1) is 10.1. The average molecular weight is 346 g/mol. The van der Waals surface area contributed by atoms with E-state index in [0.717, 1.165) is 10.0 Å². The molecule has 1 N–H and O–H groups in total. The molecule has 0 fully saturated rings. The Morgan fingerprint density at radius 3 is 2.57 bits per heavy atom. The third-order valence-corrected chi connectivity index (χ3v) is 3.60. The number of hydrogen-bond donors (Lipinski definition) is 1. The van der Waals surface area contributed by atoms with Crippen molar-refractivity contribution in [2.75, 3.05) is 5.32 Å². The summed E-state index contributed by atoms with van der Waals surface area (Å²) in [6.45, 7) is 1.49. The minimum Gasteiger partial charge on any atom is -0.325 e. The van der Waals surface area contributed by atoms with Crippen LogP contribution in [0.25, 0.3) is 0 Å². The Labute approximate surface area is 132 Å². The summed E-state index contributed by atoms with van der Waals surface area (Å²) < 4.78 is 1.00. The van der Waals surface area contributed by atoms with Gasteiger partial charge in [-0.3, -0.25) is 9.59 Å². The van der Waals surface area contributed by atoms with Crippen molar-refractivity contribution in [2.45, 2.75) is 19.8 Å². The zero-order valence-corrected chi connectivity index (χ0v) is 13.3. The summed E-state index contributed by atoms with van der Waals surface area (Å²) in [5.74, 6) is -0.151. The van der Waals surface area contributed by atoms with Crippen LogP contribution in [0.1, 0.15) is 29.3 Å². The lowest BCUT2D eigenvalue weighted by Crippen LogP contribution is -2.14. The van der Waals surface area contributed by atoms with Crippen molar-refractivity contribution < 1.29 is 9.59 Å². The summed E-state index contributed by atoms with van der Waals surface area (Å²) in [5, 5.41) is 2.81. The van der Waals surface area contributed by atoms with E-state index >= 15 is 0 Å². The van der Waals surface area contributed by atoms with Gasteiger partial charge in [0.15, 0.2) is 5.78 Å². The zero-order valence-electron chi connectivity index (χ0n) is 11.7. The maximum Gasteiger partial charge on any atom is 0.224 e. The fourth-order valence-corrected chi connectivity index (χ4v) is 2.51. The molecular weight excluding hydrogens is 330 g/mol. The topological polar surface area (TPSA) is 46.2 Å². The maximum atomic E-state index is 12.0. The van der Waals surface area contributed by atoms with Gasteiger partial charge < -0.3 is 5.32 Å². The first-order valence-corrected chi connectivity index (χ1v) is 7.50. The summed E-state index contributed by atoms with van der Waals surface area (Å²) in [4.78, 5) is 23.5. The molecule has 0 spiro atoms. The molecule has 2 rings (SSSR count). The van der Waals surface area contributed by atoms with Crippen molar-refractivity contribution in [3.8, 4) is 0 Å². The first kappa shape index (κ1) is 15.4. The molecule has 0 aliphatic heterocycles. The van der Waals surface area contributed by atoms with Gasteiger partial charge in [-0.2, -0.15) is 0 Å². The van der Waals surface area contributed by atoms with Gasteiger partial charge >= 0.3 is 0 Å². The number of rotatable bonds is 5. The number of ketones is 1. The van der Waals surface area contributed by atoms with Crippen molar-refractivity contribution >= 4 is 33.3 Å². The lowest BCUT2D eigenvalue weighted by molar-refractivity contribution is -0.116. The van der Waals surface area contributed by atoms with Gasteiger partial charge in [-0.05, 0) is 43.2 Å². The number of carbonyl (C=O) groups excluding carboxylic acids is 2. The molecule has 0 saturated carbocycles. The van der Waals surface area contributed by atoms with Crippen molar-refractivity contribution in [2.24, 2.45) is 0 Å². The Kier molecular flexibility index (Phi) is 5.28. The molecule has 0 unspecified atom stereocenters. The molecule has 4 heteroatoms. The van der Waals surface area contributed by atoms with Gasteiger partial charge in [-0.25, -0.2) is 0 Å². The molecule has 1 amide bonds. The second-order valence-electron chi connectivity index (χ2n) is 4.78. The van der Waals surface area contributed by atoms with Crippen LogP contribution in [-0.4, -0.2) is 11.7 Å². The number of nitrogens with one attached hydrogen (secondary N) is 1. The number of benzene rings is 2. The highest BCUT2D eigenvalue weighted by Crippen LogP contribution is 2.17. The smallest absolute Gasteiger partial charge is 0.224 e. The normalized spacial score (nSPS) is 10.2. The summed E-state index contributed by atoms with van der Waals surface area (Å²) in [5.41, 5.74) is 2.21. The molecule has 3 nitrogen and oxygen atoms in total. The number of para-hydroxylation sites is 1. The Morgan fingerprint density at radius 2 is 1.86 bits per heavy atom. The van der Waals surface area contributed by atoms with Crippen LogP contribution in [0.2, 0.25) is 0 Å². The first-order valence-electron chi connectivity index (χ1n) is 6.70. The standard InChI is InChI=1S/C17H16BrNO2/c1-12(20)15-7-2-3-8-16(15)19-17(21)10-9-13-5-4-6-14(18)11-13/h2-8,11H,9-10H2,1H3,(H,19,21). The predicted molar refractivity (Wildman–Crippen MR) is 87.5 cm³/mol. The number of anilines is 1. The molecule has 0 aromatic heterocycles. The van der Waals surface area contributed by atoms with E-state index in [1.165, 1.54) is 6.92 Å². The van der Waals surface area contributed by atoms with Crippen LogP contribution in [0.5, 0.6) is 0 Å². The number of carbonyl (C=O) groups is 2. The van der Waals surface area contributed by atoms with Crippen molar-refractivity contribution in [1.82, 2.24) is 0 Å². The van der Waals surface area contributed by atoms with Gasteiger partial charge in [0.2, 0.25) is 5.91 Å². The Balaban J connectivity index is 1.98. The van der Waals surface area contributed by atoms with Gasteiger partial charge in [0, 0.05) is 16.5 Å². The number of aryl methyl sites for hydroxylation is 1. The van der Waals surface area contributed by atoms with Gasteiger partial charge in [0.1, 0.15) is 0 Å². The molecule has 2 aromatic rings. The van der Waals surface area contributed by atoms with E-state index in [2.05, 4.69) is 21.2 Å². The average Bonchev–Trinajstić information content (AvgIpc) is 2.45. The molecule has 0 radical (unpaired) electrons. The molecule has 2 aromatic carbocycles. The van der Waals surface area contributed by atoms with Crippen LogP contribution in [0.15, 0.2) is 53.0 Å². The fraction of sp³-hybridized carbons (Fsp3) is 0.176. The van der Waals surface area contributed by atoms with Crippen LogP contribution >= 0.6 is 15.9 Å². The molecule has 0 aliphatic carbocycles. The van der Waals surface area contributed by atoms with E-state index in [9.17, 15) is 9.59 Å². The van der Waals surface area contributed by atoms with Gasteiger partial charge in [0.05, 0.1) is 5.69 Å². The quantitative estimate of drug-likeness (QED) is 0.824. The van der Waals surface area contributed by atoms with Gasteiger partial charge in [-0.15, -0.1) is 0 Å². The summed E-state index contributed by atoms with van der Waals surface area (Å²) in [6.07, 6.45) is 1.04. The summed E-state index contributed by atoms with van der Waals surface area (Å²) >= 11 is 3.41. The van der Waals surface area contributed by atoms with E-state index in [1.807, 2.05) is 24.3 Å². The molecule has 0 aliphatic rings. The second-order valence-corrected chi connectivity index (χ2v) is 5.70. The van der Waals surface area contributed by atoms with Crippen LogP contribution in [0.3, 0.4) is 0 Å². The van der Waals surface area contributed by atoms with Crippen molar-refractivity contribution in [3.63, 3.8) is 0 Å². The minimum absolute atomic E-state index is 0.0575. The number of hydrogen-bond acceptors (Lipinski definition) is 2. The SMILES string of the molecule is CC(=O)c1ccccc1NC(=O)CCc1cccc(Br)c1. The largest absolute Gasteiger partial charge is 0.325 e. The highest BCUT2D eigenvalue weighted by molar-refractivity contribution is 9.10. The molecule has 108 valence electrons. The third-order valence-electron chi connectivity index (χ3n) is 3.11. The Hall–Kier alpha value is -1.94. The van der Waals surface area contributed by atoms with Crippen molar-refractivity contribution in [1.29, 1.82) is 0 Å². The van der Waals surface area contributed by atoms with E-state index in [4.69, 9.17) is 0 Å².